The van der Waals surface area contributed by atoms with E-state index in [2.05, 4.69) is 17.1 Å². The van der Waals surface area contributed by atoms with E-state index < -0.39 is 0 Å². The summed E-state index contributed by atoms with van der Waals surface area (Å²) in [6.07, 6.45) is 1.63. The minimum atomic E-state index is -0.290. The van der Waals surface area contributed by atoms with E-state index in [1.54, 1.807) is 7.05 Å². The molecular weight excluding hydrogens is 294 g/mol. The SMILES string of the molecule is C=CC(=O)N(C)CC(=O)NCC1CC(c2ccc(C)cc2)=NO1. The third kappa shape index (κ3) is 4.67. The highest BCUT2D eigenvalue weighted by Gasteiger charge is 2.23. The van der Waals surface area contributed by atoms with Gasteiger partial charge < -0.3 is 15.1 Å². The van der Waals surface area contributed by atoms with Gasteiger partial charge in [0.2, 0.25) is 11.8 Å². The van der Waals surface area contributed by atoms with Crippen LogP contribution in [0.15, 0.2) is 42.1 Å². The Morgan fingerprint density at radius 3 is 2.78 bits per heavy atom. The second-order valence-corrected chi connectivity index (χ2v) is 5.54. The van der Waals surface area contributed by atoms with E-state index in [4.69, 9.17) is 4.84 Å². The number of hydrogen-bond donors (Lipinski definition) is 1. The molecule has 0 aromatic heterocycles. The van der Waals surface area contributed by atoms with Gasteiger partial charge in [-0.15, -0.1) is 0 Å². The molecule has 1 N–H and O–H groups in total. The maximum Gasteiger partial charge on any atom is 0.246 e. The lowest BCUT2D eigenvalue weighted by molar-refractivity contribution is -0.131. The van der Waals surface area contributed by atoms with Gasteiger partial charge in [0.1, 0.15) is 6.10 Å². The molecule has 1 aliphatic rings. The summed E-state index contributed by atoms with van der Waals surface area (Å²) >= 11 is 0. The van der Waals surface area contributed by atoms with Gasteiger partial charge in [-0.05, 0) is 18.6 Å². The van der Waals surface area contributed by atoms with Crippen molar-refractivity contribution < 1.29 is 14.4 Å². The quantitative estimate of drug-likeness (QED) is 0.803. The molecule has 122 valence electrons. The highest BCUT2D eigenvalue weighted by molar-refractivity contribution is 6.01. The van der Waals surface area contributed by atoms with Gasteiger partial charge in [0.25, 0.3) is 0 Å². The maximum absolute atomic E-state index is 11.8. The molecule has 1 unspecified atom stereocenters. The molecule has 0 radical (unpaired) electrons. The van der Waals surface area contributed by atoms with Crippen molar-refractivity contribution in [3.8, 4) is 0 Å². The first-order valence-corrected chi connectivity index (χ1v) is 7.43. The minimum absolute atomic E-state index is 0.0107. The summed E-state index contributed by atoms with van der Waals surface area (Å²) < 4.78 is 0. The van der Waals surface area contributed by atoms with Crippen LogP contribution in [0.5, 0.6) is 0 Å². The van der Waals surface area contributed by atoms with Crippen LogP contribution in [0.1, 0.15) is 17.5 Å². The van der Waals surface area contributed by atoms with Crippen molar-refractivity contribution in [2.75, 3.05) is 20.1 Å². The van der Waals surface area contributed by atoms with Crippen LogP contribution in [0.2, 0.25) is 0 Å². The number of carbonyl (C=O) groups is 2. The van der Waals surface area contributed by atoms with Crippen LogP contribution in [0.3, 0.4) is 0 Å². The van der Waals surface area contributed by atoms with Crippen LogP contribution in [0.25, 0.3) is 0 Å². The van der Waals surface area contributed by atoms with Crippen molar-refractivity contribution in [1.82, 2.24) is 10.2 Å². The van der Waals surface area contributed by atoms with Gasteiger partial charge in [0.05, 0.1) is 18.8 Å². The molecule has 1 aliphatic heterocycles. The molecule has 1 heterocycles. The second kappa shape index (κ2) is 7.58. The molecule has 1 aromatic carbocycles. The van der Waals surface area contributed by atoms with Crippen LogP contribution in [0, 0.1) is 6.92 Å². The average Bonchev–Trinajstić information content (AvgIpc) is 3.01. The number of likely N-dealkylation sites (N-methyl/N-ethyl adjacent to an activating group) is 1. The van der Waals surface area contributed by atoms with E-state index in [1.807, 2.05) is 31.2 Å². The molecule has 1 aromatic rings. The molecule has 1 atom stereocenters. The van der Waals surface area contributed by atoms with E-state index >= 15 is 0 Å². The van der Waals surface area contributed by atoms with E-state index in [0.29, 0.717) is 13.0 Å². The van der Waals surface area contributed by atoms with Crippen LogP contribution >= 0.6 is 0 Å². The smallest absolute Gasteiger partial charge is 0.246 e. The first-order chi connectivity index (χ1) is 11.0. The predicted molar refractivity (Wildman–Crippen MR) is 88.0 cm³/mol. The molecule has 2 amide bonds. The number of hydrogen-bond acceptors (Lipinski definition) is 4. The van der Waals surface area contributed by atoms with Crippen molar-refractivity contribution >= 4 is 17.5 Å². The Morgan fingerprint density at radius 2 is 2.13 bits per heavy atom. The molecule has 6 heteroatoms. The number of oxime groups is 1. The first-order valence-electron chi connectivity index (χ1n) is 7.43. The first kappa shape index (κ1) is 16.7. The Morgan fingerprint density at radius 1 is 1.43 bits per heavy atom. The Kier molecular flexibility index (Phi) is 5.51. The Labute approximate surface area is 135 Å². The monoisotopic (exact) mass is 315 g/mol. The molecule has 0 bridgehead atoms. The third-order valence-corrected chi connectivity index (χ3v) is 3.58. The molecule has 23 heavy (non-hydrogen) atoms. The zero-order valence-corrected chi connectivity index (χ0v) is 13.4. The maximum atomic E-state index is 11.8. The van der Waals surface area contributed by atoms with E-state index in [0.717, 1.165) is 11.3 Å². The number of amides is 2. The predicted octanol–water partition coefficient (Wildman–Crippen LogP) is 1.25. The number of nitrogens with one attached hydrogen (secondary N) is 1. The van der Waals surface area contributed by atoms with Gasteiger partial charge in [-0.2, -0.15) is 0 Å². The zero-order valence-electron chi connectivity index (χ0n) is 13.4. The summed E-state index contributed by atoms with van der Waals surface area (Å²) in [5.74, 6) is -0.530. The lowest BCUT2D eigenvalue weighted by atomic mass is 10.0. The molecule has 0 saturated heterocycles. The van der Waals surface area contributed by atoms with E-state index in [-0.39, 0.29) is 24.5 Å². The Hall–Kier alpha value is -2.63. The third-order valence-electron chi connectivity index (χ3n) is 3.58. The summed E-state index contributed by atoms with van der Waals surface area (Å²) in [4.78, 5) is 29.8. The lowest BCUT2D eigenvalue weighted by Gasteiger charge is -2.15. The van der Waals surface area contributed by atoms with Crippen molar-refractivity contribution in [1.29, 1.82) is 0 Å². The molecule has 6 nitrogen and oxygen atoms in total. The largest absolute Gasteiger partial charge is 0.390 e. The normalized spacial score (nSPS) is 16.3. The fourth-order valence-corrected chi connectivity index (χ4v) is 2.19. The lowest BCUT2D eigenvalue weighted by Crippen LogP contribution is -2.40. The van der Waals surface area contributed by atoms with Crippen LogP contribution in [-0.4, -0.2) is 48.7 Å². The molecule has 2 rings (SSSR count). The highest BCUT2D eigenvalue weighted by atomic mass is 16.6. The molecule has 0 fully saturated rings. The Balaban J connectivity index is 1.76. The van der Waals surface area contributed by atoms with E-state index in [1.165, 1.54) is 16.5 Å². The molecule has 0 spiro atoms. The average molecular weight is 315 g/mol. The molecule has 0 aliphatic carbocycles. The number of rotatable bonds is 6. The van der Waals surface area contributed by atoms with Gasteiger partial charge in [-0.3, -0.25) is 9.59 Å². The van der Waals surface area contributed by atoms with Crippen LogP contribution < -0.4 is 5.32 Å². The fraction of sp³-hybridized carbons (Fsp3) is 0.353. The van der Waals surface area contributed by atoms with Gasteiger partial charge in [0.15, 0.2) is 0 Å². The van der Waals surface area contributed by atoms with Crippen molar-refractivity contribution in [2.45, 2.75) is 19.4 Å². The summed E-state index contributed by atoms with van der Waals surface area (Å²) in [6.45, 7) is 5.76. The highest BCUT2D eigenvalue weighted by Crippen LogP contribution is 2.16. The summed E-state index contributed by atoms with van der Waals surface area (Å²) in [7, 11) is 1.55. The topological polar surface area (TPSA) is 71.0 Å². The van der Waals surface area contributed by atoms with Crippen LogP contribution in [-0.2, 0) is 14.4 Å². The van der Waals surface area contributed by atoms with Crippen molar-refractivity contribution in [3.05, 3.63) is 48.0 Å². The van der Waals surface area contributed by atoms with E-state index in [9.17, 15) is 9.59 Å². The number of nitrogens with zero attached hydrogens (tertiary/aromatic N) is 2. The van der Waals surface area contributed by atoms with Gasteiger partial charge in [0, 0.05) is 13.5 Å². The number of carbonyl (C=O) groups excluding carboxylic acids is 2. The zero-order chi connectivity index (χ0) is 16.8. The van der Waals surface area contributed by atoms with Crippen molar-refractivity contribution in [2.24, 2.45) is 5.16 Å². The van der Waals surface area contributed by atoms with Crippen LogP contribution in [0.4, 0.5) is 0 Å². The second-order valence-electron chi connectivity index (χ2n) is 5.54. The van der Waals surface area contributed by atoms with Gasteiger partial charge >= 0.3 is 0 Å². The minimum Gasteiger partial charge on any atom is -0.390 e. The summed E-state index contributed by atoms with van der Waals surface area (Å²) in [5, 5.41) is 6.84. The van der Waals surface area contributed by atoms with Gasteiger partial charge in [-0.25, -0.2) is 0 Å². The fourth-order valence-electron chi connectivity index (χ4n) is 2.19. The van der Waals surface area contributed by atoms with Crippen molar-refractivity contribution in [3.63, 3.8) is 0 Å². The molecular formula is C17H21N3O3. The number of benzene rings is 1. The number of aryl methyl sites for hydroxylation is 1. The van der Waals surface area contributed by atoms with Gasteiger partial charge in [-0.1, -0.05) is 41.6 Å². The summed E-state index contributed by atoms with van der Waals surface area (Å²) in [6, 6.07) is 8.07. The summed E-state index contributed by atoms with van der Waals surface area (Å²) in [5.41, 5.74) is 3.10. The standard InChI is InChI=1S/C17H21N3O3/c1-4-17(22)20(3)11-16(21)18-10-14-9-15(19-23-14)13-7-5-12(2)6-8-13/h4-8,14H,1,9-11H2,2-3H3,(H,18,21). The Bertz CT molecular complexity index is 622. The molecule has 0 saturated carbocycles.